The monoisotopic (exact) mass is 431 g/mol. The number of hydrogen-bond donors (Lipinski definition) is 2. The van der Waals surface area contributed by atoms with Crippen LogP contribution in [0.25, 0.3) is 0 Å². The molecule has 0 heterocycles. The minimum Gasteiger partial charge on any atom is -0.497 e. The molecule has 0 saturated carbocycles. The molecule has 0 spiro atoms. The Bertz CT molecular complexity index is 1150. The number of amidine groups is 1. The van der Waals surface area contributed by atoms with Gasteiger partial charge in [-0.15, -0.1) is 0 Å². The van der Waals surface area contributed by atoms with Crippen LogP contribution in [-0.2, 0) is 0 Å². The fourth-order valence-corrected chi connectivity index (χ4v) is 3.23. The zero-order chi connectivity index (χ0) is 22.4. The van der Waals surface area contributed by atoms with Crippen molar-refractivity contribution in [2.24, 2.45) is 5.73 Å². The lowest BCUT2D eigenvalue weighted by molar-refractivity contribution is 0.1000. The third-order valence-electron chi connectivity index (χ3n) is 4.80. The number of carbonyl (C=O) groups is 1. The van der Waals surface area contributed by atoms with E-state index in [0.717, 1.165) is 11.1 Å². The molecule has 31 heavy (non-hydrogen) atoms. The second-order valence-corrected chi connectivity index (χ2v) is 7.26. The Morgan fingerprint density at radius 1 is 1.06 bits per heavy atom. The van der Waals surface area contributed by atoms with E-state index in [1.807, 2.05) is 42.5 Å². The average molecular weight is 432 g/mol. The maximum absolute atomic E-state index is 12.0. The first-order valence-electron chi connectivity index (χ1n) is 9.52. The van der Waals surface area contributed by atoms with Gasteiger partial charge < -0.3 is 15.4 Å². The molecule has 156 valence electrons. The van der Waals surface area contributed by atoms with Crippen molar-refractivity contribution < 1.29 is 9.53 Å². The summed E-state index contributed by atoms with van der Waals surface area (Å²) in [6.45, 7) is 0. The standard InChI is InChI=1S/C25H22ClN3O2/c1-29(24(27)22-16-20(31-2)13-14-21(22)25(28)30)23(18-9-11-19(26)12-10-18)15-8-17-6-4-3-5-7-17/h3-7,9-14,16,23,27H,1-2H3,(H2,28,30). The molecule has 0 aromatic heterocycles. The molecule has 0 saturated heterocycles. The van der Waals surface area contributed by atoms with Gasteiger partial charge in [-0.1, -0.05) is 53.8 Å². The smallest absolute Gasteiger partial charge is 0.249 e. The van der Waals surface area contributed by atoms with Crippen LogP contribution in [0.5, 0.6) is 5.75 Å². The molecule has 0 aliphatic carbocycles. The van der Waals surface area contributed by atoms with Gasteiger partial charge in [0.05, 0.1) is 12.7 Å². The minimum absolute atomic E-state index is 0.0926. The number of amides is 1. The highest BCUT2D eigenvalue weighted by Gasteiger charge is 2.22. The van der Waals surface area contributed by atoms with Gasteiger partial charge in [0.1, 0.15) is 17.6 Å². The Hall–Kier alpha value is -3.75. The first-order valence-corrected chi connectivity index (χ1v) is 9.90. The van der Waals surface area contributed by atoms with Crippen LogP contribution in [0.1, 0.15) is 33.1 Å². The molecule has 6 heteroatoms. The summed E-state index contributed by atoms with van der Waals surface area (Å²) in [6, 6.07) is 21.3. The lowest BCUT2D eigenvalue weighted by Gasteiger charge is -2.28. The maximum atomic E-state index is 12.0. The van der Waals surface area contributed by atoms with Crippen molar-refractivity contribution in [2.45, 2.75) is 6.04 Å². The van der Waals surface area contributed by atoms with Crippen LogP contribution >= 0.6 is 11.6 Å². The molecule has 1 amide bonds. The van der Waals surface area contributed by atoms with Crippen LogP contribution in [0.15, 0.2) is 72.8 Å². The van der Waals surface area contributed by atoms with Crippen molar-refractivity contribution in [1.82, 2.24) is 4.90 Å². The lowest BCUT2D eigenvalue weighted by Crippen LogP contribution is -2.32. The Balaban J connectivity index is 2.05. The number of nitrogens with two attached hydrogens (primary N) is 1. The first kappa shape index (κ1) is 21.9. The minimum atomic E-state index is -0.616. The van der Waals surface area contributed by atoms with Crippen molar-refractivity contribution in [2.75, 3.05) is 14.2 Å². The number of benzene rings is 3. The Morgan fingerprint density at radius 3 is 2.35 bits per heavy atom. The average Bonchev–Trinajstić information content (AvgIpc) is 2.79. The molecule has 3 aromatic carbocycles. The molecule has 5 nitrogen and oxygen atoms in total. The largest absolute Gasteiger partial charge is 0.497 e. The van der Waals surface area contributed by atoms with E-state index in [0.29, 0.717) is 16.3 Å². The number of halogens is 1. The van der Waals surface area contributed by atoms with E-state index in [4.69, 9.17) is 27.5 Å². The lowest BCUT2D eigenvalue weighted by atomic mass is 10.0. The van der Waals surface area contributed by atoms with E-state index in [2.05, 4.69) is 11.8 Å². The van der Waals surface area contributed by atoms with Gasteiger partial charge in [-0.25, -0.2) is 0 Å². The van der Waals surface area contributed by atoms with Gasteiger partial charge in [-0.3, -0.25) is 10.2 Å². The predicted molar refractivity (Wildman–Crippen MR) is 124 cm³/mol. The van der Waals surface area contributed by atoms with Crippen LogP contribution in [0.2, 0.25) is 5.02 Å². The van der Waals surface area contributed by atoms with Crippen LogP contribution in [0, 0.1) is 17.3 Å². The number of nitrogens with zero attached hydrogens (tertiary/aromatic N) is 1. The van der Waals surface area contributed by atoms with Crippen molar-refractivity contribution in [3.63, 3.8) is 0 Å². The van der Waals surface area contributed by atoms with E-state index in [9.17, 15) is 4.79 Å². The maximum Gasteiger partial charge on any atom is 0.249 e. The summed E-state index contributed by atoms with van der Waals surface area (Å²) in [7, 11) is 3.28. The van der Waals surface area contributed by atoms with Gasteiger partial charge in [0.15, 0.2) is 0 Å². The number of rotatable bonds is 5. The number of ether oxygens (including phenoxy) is 1. The molecule has 3 aromatic rings. The zero-order valence-corrected chi connectivity index (χ0v) is 18.0. The summed E-state index contributed by atoms with van der Waals surface area (Å²) in [5.41, 5.74) is 7.88. The third-order valence-corrected chi connectivity index (χ3v) is 5.05. The highest BCUT2D eigenvalue weighted by Crippen LogP contribution is 2.25. The van der Waals surface area contributed by atoms with E-state index in [1.54, 1.807) is 42.3 Å². The number of carbonyl (C=O) groups excluding carboxylic acids is 1. The molecule has 0 aliphatic rings. The molecule has 0 fully saturated rings. The summed E-state index contributed by atoms with van der Waals surface area (Å²) < 4.78 is 5.27. The second kappa shape index (κ2) is 9.84. The number of methoxy groups -OCH3 is 1. The van der Waals surface area contributed by atoms with Crippen molar-refractivity contribution in [1.29, 1.82) is 5.41 Å². The van der Waals surface area contributed by atoms with Gasteiger partial charge in [0.25, 0.3) is 0 Å². The normalized spacial score (nSPS) is 11.1. The molecule has 0 aliphatic heterocycles. The topological polar surface area (TPSA) is 79.4 Å². The molecule has 3 N–H and O–H groups in total. The third kappa shape index (κ3) is 5.25. The van der Waals surface area contributed by atoms with Gasteiger partial charge >= 0.3 is 0 Å². The predicted octanol–water partition coefficient (Wildman–Crippen LogP) is 4.50. The van der Waals surface area contributed by atoms with E-state index in [1.165, 1.54) is 7.11 Å². The van der Waals surface area contributed by atoms with E-state index in [-0.39, 0.29) is 11.4 Å². The zero-order valence-electron chi connectivity index (χ0n) is 17.2. The molecule has 3 rings (SSSR count). The van der Waals surface area contributed by atoms with Crippen LogP contribution < -0.4 is 10.5 Å². The van der Waals surface area contributed by atoms with E-state index < -0.39 is 11.9 Å². The quantitative estimate of drug-likeness (QED) is 0.354. The number of primary amides is 1. The highest BCUT2D eigenvalue weighted by atomic mass is 35.5. The van der Waals surface area contributed by atoms with Crippen LogP contribution in [-0.4, -0.2) is 30.8 Å². The molecular weight excluding hydrogens is 410 g/mol. The molecular formula is C25H22ClN3O2. The summed E-state index contributed by atoms with van der Waals surface area (Å²) >= 11 is 6.06. The van der Waals surface area contributed by atoms with E-state index >= 15 is 0 Å². The Morgan fingerprint density at radius 2 is 1.74 bits per heavy atom. The van der Waals surface area contributed by atoms with Gasteiger partial charge in [-0.05, 0) is 48.0 Å². The Labute approximate surface area is 186 Å². The fourth-order valence-electron chi connectivity index (χ4n) is 3.10. The summed E-state index contributed by atoms with van der Waals surface area (Å²) in [4.78, 5) is 13.7. The summed E-state index contributed by atoms with van der Waals surface area (Å²) in [6.07, 6.45) is 0. The number of hydrogen-bond acceptors (Lipinski definition) is 3. The van der Waals surface area contributed by atoms with Crippen LogP contribution in [0.3, 0.4) is 0 Å². The molecule has 1 unspecified atom stereocenters. The van der Waals surface area contributed by atoms with Gasteiger partial charge in [-0.2, -0.15) is 0 Å². The van der Waals surface area contributed by atoms with Crippen molar-refractivity contribution in [3.05, 3.63) is 100 Å². The molecule has 0 bridgehead atoms. The fraction of sp³-hybridized carbons (Fsp3) is 0.120. The van der Waals surface area contributed by atoms with Crippen molar-refractivity contribution >= 4 is 23.3 Å². The first-order chi connectivity index (χ1) is 14.9. The summed E-state index contributed by atoms with van der Waals surface area (Å²) in [5, 5.41) is 9.43. The van der Waals surface area contributed by atoms with Gasteiger partial charge in [0.2, 0.25) is 5.91 Å². The SMILES string of the molecule is COc1ccc(C(N)=O)c(C(=N)N(C)C(C#Cc2ccccc2)c2ccc(Cl)cc2)c1. The number of nitrogens with one attached hydrogen (secondary N) is 1. The van der Waals surface area contributed by atoms with Crippen LogP contribution in [0.4, 0.5) is 0 Å². The molecule has 0 radical (unpaired) electrons. The summed E-state index contributed by atoms with van der Waals surface area (Å²) in [5.74, 6) is 6.41. The second-order valence-electron chi connectivity index (χ2n) is 6.82. The Kier molecular flexibility index (Phi) is 6.96. The van der Waals surface area contributed by atoms with Gasteiger partial charge in [0, 0.05) is 23.2 Å². The van der Waals surface area contributed by atoms with Crippen molar-refractivity contribution in [3.8, 4) is 17.6 Å². The molecule has 1 atom stereocenters. The highest BCUT2D eigenvalue weighted by molar-refractivity contribution is 6.30.